The lowest BCUT2D eigenvalue weighted by Gasteiger charge is -2.24. The molecule has 15 heavy (non-hydrogen) atoms. The van der Waals surface area contributed by atoms with Crippen molar-refractivity contribution in [1.82, 2.24) is 10.2 Å². The average Bonchev–Trinajstić information content (AvgIpc) is 2.72. The maximum absolute atomic E-state index is 5.52. The van der Waals surface area contributed by atoms with Crippen LogP contribution in [0, 0.1) is 5.41 Å². The number of hydrogen-bond acceptors (Lipinski definition) is 4. The van der Waals surface area contributed by atoms with Gasteiger partial charge in [-0.15, -0.1) is 21.5 Å². The van der Waals surface area contributed by atoms with Gasteiger partial charge in [0.25, 0.3) is 0 Å². The topological polar surface area (TPSA) is 51.8 Å². The third kappa shape index (κ3) is 2.21. The molecule has 1 atom stereocenters. The summed E-state index contributed by atoms with van der Waals surface area (Å²) < 4.78 is 0. The van der Waals surface area contributed by atoms with Gasteiger partial charge in [0.05, 0.1) is 0 Å². The lowest BCUT2D eigenvalue weighted by molar-refractivity contribution is 0.330. The normalized spacial score (nSPS) is 24.6. The molecule has 1 aliphatic rings. The second kappa shape index (κ2) is 4.18. The lowest BCUT2D eigenvalue weighted by atomic mass is 9.82. The molecule has 0 bridgehead atoms. The minimum absolute atomic E-state index is 0.402. The highest BCUT2D eigenvalue weighted by atomic mass is 32.1. The molecule has 1 fully saturated rings. The molecule has 0 saturated heterocycles. The minimum atomic E-state index is 0.402. The van der Waals surface area contributed by atoms with Crippen molar-refractivity contribution in [3.63, 3.8) is 0 Å². The molecule has 0 aliphatic heterocycles. The number of hydrogen-bond donors (Lipinski definition) is 1. The molecule has 3 nitrogen and oxygen atoms in total. The highest BCUT2D eigenvalue weighted by molar-refractivity contribution is 7.11. The van der Waals surface area contributed by atoms with Crippen molar-refractivity contribution in [1.29, 1.82) is 0 Å². The maximum atomic E-state index is 5.52. The van der Waals surface area contributed by atoms with E-state index in [9.17, 15) is 0 Å². The van der Waals surface area contributed by atoms with Crippen LogP contribution in [-0.4, -0.2) is 16.7 Å². The molecule has 1 unspecified atom stereocenters. The van der Waals surface area contributed by atoms with Gasteiger partial charge in [-0.2, -0.15) is 0 Å². The standard InChI is InChI=1S/C11H19N3S/c1-11(2)6-3-4-8(11)10-14-13-9(15-10)5-7-12/h8H,3-7,12H2,1-2H3. The third-order valence-corrected chi connectivity index (χ3v) is 4.49. The Hall–Kier alpha value is -0.480. The summed E-state index contributed by atoms with van der Waals surface area (Å²) in [6.45, 7) is 5.35. The molecule has 1 aliphatic carbocycles. The average molecular weight is 225 g/mol. The minimum Gasteiger partial charge on any atom is -0.330 e. The summed E-state index contributed by atoms with van der Waals surface area (Å²) in [5.74, 6) is 0.613. The van der Waals surface area contributed by atoms with Crippen LogP contribution in [0.4, 0.5) is 0 Å². The molecule has 1 saturated carbocycles. The quantitative estimate of drug-likeness (QED) is 0.859. The Morgan fingerprint density at radius 2 is 2.27 bits per heavy atom. The Kier molecular flexibility index (Phi) is 3.07. The van der Waals surface area contributed by atoms with E-state index in [4.69, 9.17) is 5.73 Å². The van der Waals surface area contributed by atoms with Crippen molar-refractivity contribution in [2.75, 3.05) is 6.54 Å². The fourth-order valence-corrected chi connectivity index (χ4v) is 3.62. The van der Waals surface area contributed by atoms with Crippen LogP contribution in [0.3, 0.4) is 0 Å². The zero-order valence-corrected chi connectivity index (χ0v) is 10.3. The van der Waals surface area contributed by atoms with Gasteiger partial charge in [0.2, 0.25) is 0 Å². The summed E-state index contributed by atoms with van der Waals surface area (Å²) in [6, 6.07) is 0. The lowest BCUT2D eigenvalue weighted by Crippen LogP contribution is -2.15. The van der Waals surface area contributed by atoms with Crippen molar-refractivity contribution >= 4 is 11.3 Å². The van der Waals surface area contributed by atoms with Gasteiger partial charge >= 0.3 is 0 Å². The fourth-order valence-electron chi connectivity index (χ4n) is 2.42. The molecule has 84 valence electrons. The van der Waals surface area contributed by atoms with E-state index in [1.165, 1.54) is 24.3 Å². The zero-order chi connectivity index (χ0) is 10.9. The van der Waals surface area contributed by atoms with Gasteiger partial charge in [-0.3, -0.25) is 0 Å². The maximum Gasteiger partial charge on any atom is 0.121 e. The second-order valence-corrected chi connectivity index (χ2v) is 6.10. The summed E-state index contributed by atoms with van der Waals surface area (Å²) in [5.41, 5.74) is 5.92. The Morgan fingerprint density at radius 1 is 1.47 bits per heavy atom. The van der Waals surface area contributed by atoms with Crippen LogP contribution < -0.4 is 5.73 Å². The molecular formula is C11H19N3S. The van der Waals surface area contributed by atoms with E-state index in [1.54, 1.807) is 11.3 Å². The van der Waals surface area contributed by atoms with E-state index in [0.29, 0.717) is 17.9 Å². The van der Waals surface area contributed by atoms with Crippen molar-refractivity contribution in [2.45, 2.75) is 45.4 Å². The van der Waals surface area contributed by atoms with E-state index >= 15 is 0 Å². The second-order valence-electron chi connectivity index (χ2n) is 5.01. The van der Waals surface area contributed by atoms with Gasteiger partial charge in [0.15, 0.2) is 0 Å². The van der Waals surface area contributed by atoms with E-state index in [-0.39, 0.29) is 0 Å². The van der Waals surface area contributed by atoms with Crippen LogP contribution in [0.15, 0.2) is 0 Å². The number of rotatable bonds is 3. The largest absolute Gasteiger partial charge is 0.330 e. The van der Waals surface area contributed by atoms with Crippen LogP contribution in [0.25, 0.3) is 0 Å². The van der Waals surface area contributed by atoms with E-state index in [2.05, 4.69) is 24.0 Å². The van der Waals surface area contributed by atoms with Gasteiger partial charge in [0.1, 0.15) is 10.0 Å². The van der Waals surface area contributed by atoms with Crippen LogP contribution in [0.1, 0.15) is 49.0 Å². The van der Waals surface area contributed by atoms with Crippen molar-refractivity contribution in [3.8, 4) is 0 Å². The molecule has 1 aromatic heterocycles. The van der Waals surface area contributed by atoms with Crippen molar-refractivity contribution in [2.24, 2.45) is 11.1 Å². The van der Waals surface area contributed by atoms with Crippen LogP contribution >= 0.6 is 11.3 Å². The molecular weight excluding hydrogens is 206 g/mol. The number of nitrogens with zero attached hydrogens (tertiary/aromatic N) is 2. The first-order valence-corrected chi connectivity index (χ1v) is 6.47. The van der Waals surface area contributed by atoms with E-state index < -0.39 is 0 Å². The molecule has 0 radical (unpaired) electrons. The molecule has 0 aromatic carbocycles. The molecule has 0 spiro atoms. The van der Waals surface area contributed by atoms with Gasteiger partial charge in [-0.1, -0.05) is 20.3 Å². The van der Waals surface area contributed by atoms with Crippen LogP contribution in [0.5, 0.6) is 0 Å². The first-order chi connectivity index (χ1) is 7.13. The summed E-state index contributed by atoms with van der Waals surface area (Å²) in [7, 11) is 0. The summed E-state index contributed by atoms with van der Waals surface area (Å²) >= 11 is 1.75. The predicted octanol–water partition coefficient (Wildman–Crippen LogP) is 2.33. The molecule has 1 heterocycles. The zero-order valence-electron chi connectivity index (χ0n) is 9.49. The van der Waals surface area contributed by atoms with Crippen LogP contribution in [0.2, 0.25) is 0 Å². The highest BCUT2D eigenvalue weighted by Crippen LogP contribution is 2.49. The monoisotopic (exact) mass is 225 g/mol. The summed E-state index contributed by atoms with van der Waals surface area (Å²) in [4.78, 5) is 0. The first-order valence-electron chi connectivity index (χ1n) is 5.66. The Morgan fingerprint density at radius 3 is 2.87 bits per heavy atom. The third-order valence-electron chi connectivity index (χ3n) is 3.40. The van der Waals surface area contributed by atoms with Gasteiger partial charge in [-0.05, 0) is 24.8 Å². The summed E-state index contributed by atoms with van der Waals surface area (Å²) in [5, 5.41) is 10.8. The smallest absolute Gasteiger partial charge is 0.121 e. The van der Waals surface area contributed by atoms with E-state index in [1.807, 2.05) is 0 Å². The molecule has 0 amide bonds. The number of aromatic nitrogens is 2. The molecule has 2 rings (SSSR count). The first kappa shape index (κ1) is 11.0. The molecule has 1 aromatic rings. The highest BCUT2D eigenvalue weighted by Gasteiger charge is 2.37. The molecule has 2 N–H and O–H groups in total. The van der Waals surface area contributed by atoms with Gasteiger partial charge < -0.3 is 5.73 Å². The SMILES string of the molecule is CC1(C)CCCC1c1nnc(CCN)s1. The predicted molar refractivity (Wildman–Crippen MR) is 63.0 cm³/mol. The Labute approximate surface area is 95.1 Å². The molecule has 4 heteroatoms. The van der Waals surface area contributed by atoms with Gasteiger partial charge in [0, 0.05) is 12.3 Å². The van der Waals surface area contributed by atoms with E-state index in [0.717, 1.165) is 11.4 Å². The van der Waals surface area contributed by atoms with Crippen molar-refractivity contribution < 1.29 is 0 Å². The fraction of sp³-hybridized carbons (Fsp3) is 0.818. The Balaban J connectivity index is 2.15. The van der Waals surface area contributed by atoms with Crippen molar-refractivity contribution in [3.05, 3.63) is 10.0 Å². The van der Waals surface area contributed by atoms with Crippen LogP contribution in [-0.2, 0) is 6.42 Å². The number of nitrogens with two attached hydrogens (primary N) is 1. The summed E-state index contributed by atoms with van der Waals surface area (Å²) in [6.07, 6.45) is 4.77. The van der Waals surface area contributed by atoms with Gasteiger partial charge in [-0.25, -0.2) is 0 Å². The Bertz CT molecular complexity index is 332.